The van der Waals surface area contributed by atoms with Crippen LogP contribution < -0.4 is 5.73 Å². The van der Waals surface area contributed by atoms with Gasteiger partial charge in [-0.2, -0.15) is 0 Å². The van der Waals surface area contributed by atoms with Crippen LogP contribution in [0.2, 0.25) is 0 Å². The van der Waals surface area contributed by atoms with E-state index in [4.69, 9.17) is 5.73 Å². The second-order valence-corrected chi connectivity index (χ2v) is 7.50. The lowest BCUT2D eigenvalue weighted by Gasteiger charge is -2.02. The van der Waals surface area contributed by atoms with Crippen LogP contribution in [0.15, 0.2) is 29.4 Å². The minimum atomic E-state index is 0.567. The first kappa shape index (κ1) is 14.5. The molecule has 0 aliphatic carbocycles. The molecule has 0 spiro atoms. The Hall–Kier alpha value is -2.12. The molecule has 0 atom stereocenters. The zero-order chi connectivity index (χ0) is 16.0. The largest absolute Gasteiger partial charge is 0.383 e. The van der Waals surface area contributed by atoms with E-state index in [9.17, 15) is 0 Å². The number of thiophene rings is 1. The Labute approximate surface area is 141 Å². The fraction of sp³-hybridized carbons (Fsp3) is 0.188. The number of nitrogens with zero attached hydrogens (tertiary/aromatic N) is 3. The van der Waals surface area contributed by atoms with Gasteiger partial charge in [-0.3, -0.25) is 0 Å². The van der Waals surface area contributed by atoms with Gasteiger partial charge in [0, 0.05) is 4.88 Å². The van der Waals surface area contributed by atoms with Crippen molar-refractivity contribution in [1.82, 2.24) is 19.9 Å². The van der Waals surface area contributed by atoms with Gasteiger partial charge >= 0.3 is 0 Å². The number of para-hydroxylation sites is 2. The lowest BCUT2D eigenvalue weighted by molar-refractivity contribution is 1.05. The maximum Gasteiger partial charge on any atom is 0.166 e. The lowest BCUT2D eigenvalue weighted by atomic mass is 10.2. The summed E-state index contributed by atoms with van der Waals surface area (Å²) in [6.07, 6.45) is 0. The summed E-state index contributed by atoms with van der Waals surface area (Å²) in [6, 6.07) is 7.99. The van der Waals surface area contributed by atoms with Crippen LogP contribution in [0, 0.1) is 13.8 Å². The molecule has 0 unspecified atom stereocenters. The number of nitrogens with one attached hydrogen (secondary N) is 1. The maximum absolute atomic E-state index is 6.12. The van der Waals surface area contributed by atoms with Crippen molar-refractivity contribution in [2.75, 3.05) is 5.73 Å². The van der Waals surface area contributed by atoms with Crippen molar-refractivity contribution in [3.63, 3.8) is 0 Å². The zero-order valence-corrected chi connectivity index (χ0v) is 14.4. The van der Waals surface area contributed by atoms with Gasteiger partial charge in [0.05, 0.1) is 22.2 Å². The first-order valence-electron chi connectivity index (χ1n) is 7.21. The quantitative estimate of drug-likeness (QED) is 0.549. The highest BCUT2D eigenvalue weighted by molar-refractivity contribution is 7.98. The number of aryl methyl sites for hydroxylation is 2. The van der Waals surface area contributed by atoms with Crippen LogP contribution in [-0.2, 0) is 5.75 Å². The summed E-state index contributed by atoms with van der Waals surface area (Å²) < 4.78 is 0. The van der Waals surface area contributed by atoms with Gasteiger partial charge in [-0.05, 0) is 31.5 Å². The molecular weight excluding hydrogens is 326 g/mol. The highest BCUT2D eigenvalue weighted by atomic mass is 32.2. The molecule has 0 saturated heterocycles. The maximum atomic E-state index is 6.12. The van der Waals surface area contributed by atoms with Gasteiger partial charge in [0.2, 0.25) is 0 Å². The molecule has 3 N–H and O–H groups in total. The van der Waals surface area contributed by atoms with E-state index in [0.717, 1.165) is 32.2 Å². The number of thioether (sulfide) groups is 1. The van der Waals surface area contributed by atoms with Crippen LogP contribution in [0.5, 0.6) is 0 Å². The van der Waals surface area contributed by atoms with Crippen LogP contribution >= 0.6 is 23.1 Å². The second-order valence-electron chi connectivity index (χ2n) is 5.34. The van der Waals surface area contributed by atoms with E-state index in [2.05, 4.69) is 33.8 Å². The fourth-order valence-electron chi connectivity index (χ4n) is 2.52. The summed E-state index contributed by atoms with van der Waals surface area (Å²) in [6.45, 7) is 4.15. The molecule has 0 radical (unpaired) electrons. The van der Waals surface area contributed by atoms with Crippen molar-refractivity contribution in [3.8, 4) is 0 Å². The van der Waals surface area contributed by atoms with Crippen LogP contribution in [-0.4, -0.2) is 19.9 Å². The Kier molecular flexibility index (Phi) is 3.46. The average molecular weight is 341 g/mol. The Balaban J connectivity index is 1.62. The molecule has 7 heteroatoms. The van der Waals surface area contributed by atoms with Crippen molar-refractivity contribution in [2.45, 2.75) is 24.8 Å². The average Bonchev–Trinajstić information content (AvgIpc) is 3.06. The smallest absolute Gasteiger partial charge is 0.166 e. The van der Waals surface area contributed by atoms with E-state index in [0.29, 0.717) is 11.6 Å². The zero-order valence-electron chi connectivity index (χ0n) is 12.8. The topological polar surface area (TPSA) is 80.5 Å². The van der Waals surface area contributed by atoms with E-state index in [1.807, 2.05) is 24.3 Å². The number of nitrogens with two attached hydrogens (primary N) is 1. The third-order valence-corrected chi connectivity index (χ3v) is 5.78. The van der Waals surface area contributed by atoms with Gasteiger partial charge in [0.25, 0.3) is 0 Å². The number of anilines is 1. The number of aromatic nitrogens is 4. The van der Waals surface area contributed by atoms with Gasteiger partial charge < -0.3 is 10.7 Å². The molecule has 0 saturated carbocycles. The standard InChI is InChI=1S/C16H15N5S2/c1-8-9(2)23-15-13(8)14(17)20-12(21-15)7-22-16-18-10-5-3-4-6-11(10)19-16/h3-6H,7H2,1-2H3,(H,18,19)(H2,17,20,21). The summed E-state index contributed by atoms with van der Waals surface area (Å²) in [5.74, 6) is 1.94. The number of nitrogen functional groups attached to an aromatic ring is 1. The third-order valence-electron chi connectivity index (χ3n) is 3.81. The minimum absolute atomic E-state index is 0.567. The summed E-state index contributed by atoms with van der Waals surface area (Å²) in [5, 5.41) is 1.86. The number of benzene rings is 1. The summed E-state index contributed by atoms with van der Waals surface area (Å²) >= 11 is 3.25. The van der Waals surface area contributed by atoms with Gasteiger partial charge in [-0.25, -0.2) is 15.0 Å². The van der Waals surface area contributed by atoms with Crippen molar-refractivity contribution in [1.29, 1.82) is 0 Å². The highest BCUT2D eigenvalue weighted by Crippen LogP contribution is 2.32. The number of hydrogen-bond acceptors (Lipinski definition) is 6. The van der Waals surface area contributed by atoms with E-state index >= 15 is 0 Å². The van der Waals surface area contributed by atoms with E-state index in [1.165, 1.54) is 10.4 Å². The Morgan fingerprint density at radius 2 is 2.00 bits per heavy atom. The molecule has 3 heterocycles. The number of rotatable bonds is 3. The molecule has 4 rings (SSSR count). The molecule has 0 amide bonds. The predicted octanol–water partition coefficient (Wildman–Crippen LogP) is 4.06. The normalized spacial score (nSPS) is 11.6. The van der Waals surface area contributed by atoms with Crippen LogP contribution in [0.3, 0.4) is 0 Å². The number of imidazole rings is 1. The molecule has 1 aromatic carbocycles. The van der Waals surface area contributed by atoms with E-state index in [-0.39, 0.29) is 0 Å². The Morgan fingerprint density at radius 1 is 1.17 bits per heavy atom. The lowest BCUT2D eigenvalue weighted by Crippen LogP contribution is -1.99. The van der Waals surface area contributed by atoms with E-state index in [1.54, 1.807) is 23.1 Å². The van der Waals surface area contributed by atoms with E-state index < -0.39 is 0 Å². The molecule has 0 aliphatic heterocycles. The molecular formula is C16H15N5S2. The first-order valence-corrected chi connectivity index (χ1v) is 9.01. The number of H-pyrrole nitrogens is 1. The SMILES string of the molecule is Cc1sc2nc(CSc3nc4ccccc4[nH]3)nc(N)c2c1C. The van der Waals surface area contributed by atoms with Crippen molar-refractivity contribution in [3.05, 3.63) is 40.5 Å². The predicted molar refractivity (Wildman–Crippen MR) is 97.0 cm³/mol. The van der Waals surface area contributed by atoms with Crippen LogP contribution in [0.1, 0.15) is 16.3 Å². The number of hydrogen-bond donors (Lipinski definition) is 2. The monoisotopic (exact) mass is 341 g/mol. The Bertz CT molecular complexity index is 985. The van der Waals surface area contributed by atoms with Gasteiger partial charge in [-0.1, -0.05) is 23.9 Å². The highest BCUT2D eigenvalue weighted by Gasteiger charge is 2.13. The minimum Gasteiger partial charge on any atom is -0.383 e. The molecule has 0 aliphatic rings. The first-order chi connectivity index (χ1) is 11.1. The molecule has 116 valence electrons. The summed E-state index contributed by atoms with van der Waals surface area (Å²) in [7, 11) is 0. The van der Waals surface area contributed by atoms with Gasteiger partial charge in [0.15, 0.2) is 5.16 Å². The molecule has 5 nitrogen and oxygen atoms in total. The molecule has 0 bridgehead atoms. The summed E-state index contributed by atoms with van der Waals surface area (Å²) in [4.78, 5) is 19.2. The summed E-state index contributed by atoms with van der Waals surface area (Å²) in [5.41, 5.74) is 9.31. The number of aromatic amines is 1. The van der Waals surface area contributed by atoms with Crippen molar-refractivity contribution >= 4 is 50.2 Å². The van der Waals surface area contributed by atoms with Crippen LogP contribution in [0.25, 0.3) is 21.3 Å². The van der Waals surface area contributed by atoms with Crippen molar-refractivity contribution < 1.29 is 0 Å². The third kappa shape index (κ3) is 2.55. The van der Waals surface area contributed by atoms with Crippen LogP contribution in [0.4, 0.5) is 5.82 Å². The van der Waals surface area contributed by atoms with Gasteiger partial charge in [0.1, 0.15) is 16.5 Å². The molecule has 3 aromatic heterocycles. The van der Waals surface area contributed by atoms with Crippen molar-refractivity contribution in [2.24, 2.45) is 0 Å². The molecule has 23 heavy (non-hydrogen) atoms. The Morgan fingerprint density at radius 3 is 2.83 bits per heavy atom. The second kappa shape index (κ2) is 5.50. The van der Waals surface area contributed by atoms with Gasteiger partial charge in [-0.15, -0.1) is 11.3 Å². The number of fused-ring (bicyclic) bond motifs is 2. The fourth-order valence-corrected chi connectivity index (χ4v) is 4.32. The molecule has 4 aromatic rings. The molecule has 0 fully saturated rings.